The smallest absolute Gasteiger partial charge is 0.283 e. The van der Waals surface area contributed by atoms with Gasteiger partial charge in [-0.3, -0.25) is 15.4 Å². The van der Waals surface area contributed by atoms with Gasteiger partial charge in [-0.25, -0.2) is 9.78 Å². The normalized spacial score (nSPS) is 11.9. The number of carbonyl (C=O) groups excluding carboxylic acids is 2. The highest BCUT2D eigenvalue weighted by Gasteiger charge is 2.13. The SMILES string of the molecule is Cc1csc(NC(=O)NC(=O)C(C)Cl)n1. The van der Waals surface area contributed by atoms with Gasteiger partial charge < -0.3 is 0 Å². The van der Waals surface area contributed by atoms with Crippen LogP contribution in [-0.2, 0) is 4.79 Å². The summed E-state index contributed by atoms with van der Waals surface area (Å²) in [7, 11) is 0. The summed E-state index contributed by atoms with van der Waals surface area (Å²) in [6.07, 6.45) is 0. The maximum atomic E-state index is 11.2. The molecule has 5 nitrogen and oxygen atoms in total. The number of halogens is 1. The molecule has 1 aromatic rings. The molecule has 1 aromatic heterocycles. The quantitative estimate of drug-likeness (QED) is 0.782. The number of thiazole rings is 1. The van der Waals surface area contributed by atoms with Crippen molar-refractivity contribution in [3.63, 3.8) is 0 Å². The summed E-state index contributed by atoms with van der Waals surface area (Å²) >= 11 is 6.76. The molecule has 0 aliphatic heterocycles. The van der Waals surface area contributed by atoms with Crippen LogP contribution in [0.4, 0.5) is 9.93 Å². The fourth-order valence-electron chi connectivity index (χ4n) is 0.751. The van der Waals surface area contributed by atoms with Crippen molar-refractivity contribution >= 4 is 40.0 Å². The van der Waals surface area contributed by atoms with Crippen LogP contribution in [0.25, 0.3) is 0 Å². The number of nitrogens with one attached hydrogen (secondary N) is 2. The first-order chi connectivity index (χ1) is 6.99. The lowest BCUT2D eigenvalue weighted by molar-refractivity contribution is -0.119. The summed E-state index contributed by atoms with van der Waals surface area (Å²) in [5.41, 5.74) is 0.812. The van der Waals surface area contributed by atoms with Crippen LogP contribution in [0, 0.1) is 6.92 Å². The number of hydrogen-bond acceptors (Lipinski definition) is 4. The molecule has 0 aromatic carbocycles. The fourth-order valence-corrected chi connectivity index (χ4v) is 1.49. The van der Waals surface area contributed by atoms with E-state index in [9.17, 15) is 9.59 Å². The molecule has 3 amide bonds. The Morgan fingerprint density at radius 2 is 2.27 bits per heavy atom. The summed E-state index contributed by atoms with van der Waals surface area (Å²) < 4.78 is 0. The summed E-state index contributed by atoms with van der Waals surface area (Å²) in [6.45, 7) is 3.29. The Hall–Kier alpha value is -1.14. The van der Waals surface area contributed by atoms with E-state index in [4.69, 9.17) is 11.6 Å². The number of alkyl halides is 1. The van der Waals surface area contributed by atoms with Crippen LogP contribution >= 0.6 is 22.9 Å². The molecule has 0 fully saturated rings. The molecule has 0 saturated heterocycles. The Labute approximate surface area is 95.8 Å². The first-order valence-electron chi connectivity index (χ1n) is 4.17. The third-order valence-electron chi connectivity index (χ3n) is 1.44. The Morgan fingerprint density at radius 1 is 1.60 bits per heavy atom. The topological polar surface area (TPSA) is 71.1 Å². The van der Waals surface area contributed by atoms with Gasteiger partial charge in [-0.2, -0.15) is 0 Å². The molecule has 1 rings (SSSR count). The molecule has 0 aliphatic rings. The highest BCUT2D eigenvalue weighted by molar-refractivity contribution is 7.13. The zero-order valence-corrected chi connectivity index (χ0v) is 9.78. The van der Waals surface area contributed by atoms with Gasteiger partial charge in [0.15, 0.2) is 5.13 Å². The third kappa shape index (κ3) is 3.85. The molecule has 7 heteroatoms. The number of hydrogen-bond donors (Lipinski definition) is 2. The van der Waals surface area contributed by atoms with Crippen molar-refractivity contribution in [3.05, 3.63) is 11.1 Å². The van der Waals surface area contributed by atoms with E-state index < -0.39 is 17.3 Å². The minimum atomic E-state index is -0.742. The molecule has 0 spiro atoms. The molecule has 1 heterocycles. The average molecular weight is 248 g/mol. The van der Waals surface area contributed by atoms with E-state index in [0.717, 1.165) is 5.69 Å². The third-order valence-corrected chi connectivity index (χ3v) is 2.51. The predicted octanol–water partition coefficient (Wildman–Crippen LogP) is 1.73. The number of amides is 3. The molecule has 0 radical (unpaired) electrons. The van der Waals surface area contributed by atoms with Crippen LogP contribution in [0.3, 0.4) is 0 Å². The maximum absolute atomic E-state index is 11.2. The molecule has 1 atom stereocenters. The van der Waals surface area contributed by atoms with E-state index in [1.807, 2.05) is 6.92 Å². The molecule has 15 heavy (non-hydrogen) atoms. The minimum absolute atomic E-state index is 0.444. The average Bonchev–Trinajstić information content (AvgIpc) is 2.50. The van der Waals surface area contributed by atoms with Crippen molar-refractivity contribution < 1.29 is 9.59 Å². The number of aryl methyl sites for hydroxylation is 1. The predicted molar refractivity (Wildman–Crippen MR) is 59.3 cm³/mol. The van der Waals surface area contributed by atoms with Crippen LogP contribution in [0.1, 0.15) is 12.6 Å². The minimum Gasteiger partial charge on any atom is -0.283 e. The van der Waals surface area contributed by atoms with Gasteiger partial charge in [0.05, 0.1) is 5.69 Å². The number of urea groups is 1. The number of nitrogens with zero attached hydrogens (tertiary/aromatic N) is 1. The second-order valence-corrected chi connectivity index (χ2v) is 4.37. The molecule has 82 valence electrons. The van der Waals surface area contributed by atoms with Crippen LogP contribution in [-0.4, -0.2) is 22.3 Å². The van der Waals surface area contributed by atoms with Crippen LogP contribution in [0.5, 0.6) is 0 Å². The van der Waals surface area contributed by atoms with Crippen molar-refractivity contribution in [2.24, 2.45) is 0 Å². The van der Waals surface area contributed by atoms with Gasteiger partial charge in [-0.1, -0.05) is 0 Å². The van der Waals surface area contributed by atoms with Crippen LogP contribution < -0.4 is 10.6 Å². The summed E-state index contributed by atoms with van der Waals surface area (Å²) in [5.74, 6) is -0.539. The number of anilines is 1. The first-order valence-corrected chi connectivity index (χ1v) is 5.48. The zero-order chi connectivity index (χ0) is 11.4. The Kier molecular flexibility index (Phi) is 4.05. The molecule has 0 saturated carbocycles. The number of aromatic nitrogens is 1. The largest absolute Gasteiger partial charge is 0.327 e. The first kappa shape index (κ1) is 11.9. The van der Waals surface area contributed by atoms with Crippen molar-refractivity contribution in [1.29, 1.82) is 0 Å². The van der Waals surface area contributed by atoms with Gasteiger partial charge in [0.2, 0.25) is 5.91 Å². The van der Waals surface area contributed by atoms with E-state index >= 15 is 0 Å². The van der Waals surface area contributed by atoms with Crippen molar-refractivity contribution in [2.45, 2.75) is 19.2 Å². The van der Waals surface area contributed by atoms with Gasteiger partial charge >= 0.3 is 6.03 Å². The Balaban J connectivity index is 2.46. The molecule has 0 aliphatic carbocycles. The van der Waals surface area contributed by atoms with Gasteiger partial charge in [0, 0.05) is 5.38 Å². The van der Waals surface area contributed by atoms with Gasteiger partial charge in [-0.05, 0) is 13.8 Å². The maximum Gasteiger partial charge on any atom is 0.327 e. The van der Waals surface area contributed by atoms with Gasteiger partial charge in [-0.15, -0.1) is 22.9 Å². The van der Waals surface area contributed by atoms with E-state index in [2.05, 4.69) is 15.6 Å². The van der Waals surface area contributed by atoms with E-state index in [0.29, 0.717) is 5.13 Å². The summed E-state index contributed by atoms with van der Waals surface area (Å²) in [6, 6.07) is -0.623. The lowest BCUT2D eigenvalue weighted by Crippen LogP contribution is -2.38. The molecular weight excluding hydrogens is 238 g/mol. The zero-order valence-electron chi connectivity index (χ0n) is 8.20. The summed E-state index contributed by atoms with van der Waals surface area (Å²) in [4.78, 5) is 26.2. The number of rotatable bonds is 2. The molecule has 0 bridgehead atoms. The van der Waals surface area contributed by atoms with E-state index in [-0.39, 0.29) is 0 Å². The molecule has 1 unspecified atom stereocenters. The second-order valence-electron chi connectivity index (χ2n) is 2.85. The Morgan fingerprint density at radius 3 is 2.73 bits per heavy atom. The standard InChI is InChI=1S/C8H10ClN3O2S/c1-4-3-15-8(10-4)12-7(14)11-6(13)5(2)9/h3,5H,1-2H3,(H2,10,11,12,13,14). The Bertz CT molecular complexity index is 378. The van der Waals surface area contributed by atoms with E-state index in [1.54, 1.807) is 5.38 Å². The lowest BCUT2D eigenvalue weighted by Gasteiger charge is -2.04. The van der Waals surface area contributed by atoms with E-state index in [1.165, 1.54) is 18.3 Å². The monoisotopic (exact) mass is 247 g/mol. The van der Waals surface area contributed by atoms with Crippen LogP contribution in [0.2, 0.25) is 0 Å². The van der Waals surface area contributed by atoms with Gasteiger partial charge in [0.1, 0.15) is 5.38 Å². The highest BCUT2D eigenvalue weighted by Crippen LogP contribution is 2.13. The van der Waals surface area contributed by atoms with Crippen LogP contribution in [0.15, 0.2) is 5.38 Å². The molecule has 2 N–H and O–H groups in total. The fraction of sp³-hybridized carbons (Fsp3) is 0.375. The number of carbonyl (C=O) groups is 2. The number of imide groups is 1. The van der Waals surface area contributed by atoms with Crippen molar-refractivity contribution in [3.8, 4) is 0 Å². The highest BCUT2D eigenvalue weighted by atomic mass is 35.5. The van der Waals surface area contributed by atoms with Gasteiger partial charge in [0.25, 0.3) is 0 Å². The van der Waals surface area contributed by atoms with Crippen molar-refractivity contribution in [1.82, 2.24) is 10.3 Å². The molecular formula is C8H10ClN3O2S. The summed E-state index contributed by atoms with van der Waals surface area (Å²) in [5, 5.41) is 6.01. The second kappa shape index (κ2) is 5.09. The van der Waals surface area contributed by atoms with Crippen molar-refractivity contribution in [2.75, 3.05) is 5.32 Å². The lowest BCUT2D eigenvalue weighted by atomic mass is 10.4.